The fourth-order valence-corrected chi connectivity index (χ4v) is 3.29. The van der Waals surface area contributed by atoms with Crippen LogP contribution in [0.15, 0.2) is 0 Å². The van der Waals surface area contributed by atoms with Crippen LogP contribution in [0.1, 0.15) is 43.4 Å². The van der Waals surface area contributed by atoms with E-state index in [0.717, 1.165) is 51.3 Å². The molecular formula is C16H38B2N10OP2. The molecule has 2 aromatic rings. The number of hydrogen-bond acceptors (Lipinski definition) is 9. The number of nitrogens with zero attached hydrogens (tertiary/aromatic N) is 9. The van der Waals surface area contributed by atoms with Gasteiger partial charge in [-0.2, -0.15) is 29.8 Å². The number of aromatic amines is 1. The second-order valence-electron chi connectivity index (χ2n) is 7.21. The summed E-state index contributed by atoms with van der Waals surface area (Å²) in [4.78, 5) is 6.23. The van der Waals surface area contributed by atoms with Crippen molar-refractivity contribution in [2.45, 2.75) is 65.3 Å². The van der Waals surface area contributed by atoms with Crippen LogP contribution in [0.4, 0.5) is 0 Å². The standard InChI is InChI=1S/C8H15BN5.C6H13BNO.C2H4N4.2H3P/c1-7-10-12-14(11-7)8-4-3-5-13(6-8)9-2;1-7-8-4-2-3-6(9)5-8;1-2-3-5-6-4-2;;/h8H,3-6H2,1-2H3;6,9H,2-5H2,1H3;1H3,(H,3,4,5,6);2*1H3. The Kier molecular flexibility index (Phi) is 16.1. The number of tetrazole rings is 2. The molecule has 4 heterocycles. The monoisotopic (exact) mass is 470 g/mol. The van der Waals surface area contributed by atoms with Gasteiger partial charge in [-0.15, -0.1) is 20.4 Å². The van der Waals surface area contributed by atoms with Gasteiger partial charge in [0.1, 0.15) is 0 Å². The molecule has 0 amide bonds. The van der Waals surface area contributed by atoms with Crippen molar-refractivity contribution < 1.29 is 5.11 Å². The van der Waals surface area contributed by atoms with Gasteiger partial charge in [-0.3, -0.25) is 0 Å². The van der Waals surface area contributed by atoms with Crippen LogP contribution >= 0.6 is 19.8 Å². The number of hydrogen-bond donors (Lipinski definition) is 2. The number of aliphatic hydroxyl groups excluding tert-OH is 1. The van der Waals surface area contributed by atoms with Crippen LogP contribution in [0.5, 0.6) is 0 Å². The van der Waals surface area contributed by atoms with E-state index in [4.69, 9.17) is 5.11 Å². The largest absolute Gasteiger partial charge is 0.392 e. The number of aromatic nitrogens is 8. The Morgan fingerprint density at radius 2 is 1.58 bits per heavy atom. The third-order valence-electron chi connectivity index (χ3n) is 4.89. The Morgan fingerprint density at radius 3 is 2.00 bits per heavy atom. The SMILES string of the molecule is C[B]N1CCCC(O)C1.C[B]N1CCCC(n2nnc(C)n2)C1.Cc1nn[nH]n1.P.P. The fraction of sp³-hybridized carbons (Fsp3) is 0.875. The van der Waals surface area contributed by atoms with E-state index in [1.165, 1.54) is 6.42 Å². The third kappa shape index (κ3) is 11.4. The quantitative estimate of drug-likeness (QED) is 0.472. The molecule has 4 atom stereocenters. The Hall–Kier alpha value is -0.990. The topological polar surface area (TPSA) is 125 Å². The number of β-amino-alcohol motifs (C(OH)–C–C–N with tert-alkyl or cyclic N) is 1. The highest BCUT2D eigenvalue weighted by Gasteiger charge is 2.21. The van der Waals surface area contributed by atoms with Crippen LogP contribution in [0, 0.1) is 13.8 Å². The maximum atomic E-state index is 9.15. The summed E-state index contributed by atoms with van der Waals surface area (Å²) in [5.41, 5.74) is 0. The summed E-state index contributed by atoms with van der Waals surface area (Å²) in [6.07, 6.45) is 4.38. The first-order valence-corrected chi connectivity index (χ1v) is 10.2. The highest BCUT2D eigenvalue weighted by Crippen LogP contribution is 2.18. The van der Waals surface area contributed by atoms with E-state index in [1.54, 1.807) is 11.7 Å². The molecule has 0 spiro atoms. The molecule has 4 rings (SSSR count). The van der Waals surface area contributed by atoms with Crippen molar-refractivity contribution in [3.05, 3.63) is 11.6 Å². The second kappa shape index (κ2) is 16.6. The van der Waals surface area contributed by atoms with Gasteiger partial charge in [-0.25, -0.2) is 0 Å². The molecule has 2 N–H and O–H groups in total. The molecule has 2 aliphatic heterocycles. The van der Waals surface area contributed by atoms with E-state index < -0.39 is 0 Å². The summed E-state index contributed by atoms with van der Waals surface area (Å²) < 4.78 is 0. The molecule has 0 aliphatic carbocycles. The van der Waals surface area contributed by atoms with Crippen molar-refractivity contribution in [1.29, 1.82) is 0 Å². The molecule has 0 bridgehead atoms. The Morgan fingerprint density at radius 1 is 0.935 bits per heavy atom. The van der Waals surface area contributed by atoms with Gasteiger partial charge in [0.15, 0.2) is 11.6 Å². The number of piperidine rings is 2. The Balaban J connectivity index is 0.000000459. The smallest absolute Gasteiger partial charge is 0.205 e. The fourth-order valence-electron chi connectivity index (χ4n) is 3.29. The van der Waals surface area contributed by atoms with E-state index in [9.17, 15) is 0 Å². The van der Waals surface area contributed by atoms with Gasteiger partial charge in [0.2, 0.25) is 14.8 Å². The first-order valence-electron chi connectivity index (χ1n) is 10.2. The van der Waals surface area contributed by atoms with E-state index in [2.05, 4.69) is 59.9 Å². The molecule has 174 valence electrons. The predicted molar refractivity (Wildman–Crippen MR) is 134 cm³/mol. The van der Waals surface area contributed by atoms with E-state index >= 15 is 0 Å². The highest BCUT2D eigenvalue weighted by molar-refractivity contribution is 6.92. The van der Waals surface area contributed by atoms with Crippen LogP contribution < -0.4 is 0 Å². The molecular weight excluding hydrogens is 432 g/mol. The molecule has 2 aromatic heterocycles. The molecule has 2 saturated heterocycles. The minimum atomic E-state index is -0.0880. The van der Waals surface area contributed by atoms with Gasteiger partial charge in [0.25, 0.3) is 0 Å². The summed E-state index contributed by atoms with van der Waals surface area (Å²) in [6, 6.07) is 0.390. The Bertz CT molecular complexity index is 681. The minimum absolute atomic E-state index is 0. The van der Waals surface area contributed by atoms with Gasteiger partial charge in [-0.1, -0.05) is 18.9 Å². The van der Waals surface area contributed by atoms with E-state index in [0.29, 0.717) is 11.9 Å². The lowest BCUT2D eigenvalue weighted by Crippen LogP contribution is -2.39. The van der Waals surface area contributed by atoms with Gasteiger partial charge >= 0.3 is 0 Å². The molecule has 2 aliphatic rings. The first-order chi connectivity index (χ1) is 14.0. The van der Waals surface area contributed by atoms with Gasteiger partial charge in [-0.05, 0) is 57.8 Å². The zero-order valence-electron chi connectivity index (χ0n) is 19.4. The summed E-state index contributed by atoms with van der Waals surface area (Å²) in [5.74, 6) is 1.43. The summed E-state index contributed by atoms with van der Waals surface area (Å²) in [6.45, 7) is 11.8. The zero-order valence-corrected chi connectivity index (χ0v) is 22.2. The number of nitrogens with one attached hydrogen (secondary N) is 1. The van der Waals surface area contributed by atoms with Gasteiger partial charge < -0.3 is 14.7 Å². The van der Waals surface area contributed by atoms with Crippen molar-refractivity contribution in [2.24, 2.45) is 0 Å². The number of rotatable bonds is 3. The van der Waals surface area contributed by atoms with Crippen LogP contribution in [0.2, 0.25) is 13.6 Å². The average molecular weight is 470 g/mol. The first kappa shape index (κ1) is 30.0. The van der Waals surface area contributed by atoms with Crippen LogP contribution in [-0.4, -0.2) is 103 Å². The molecule has 15 heteroatoms. The van der Waals surface area contributed by atoms with Crippen LogP contribution in [-0.2, 0) is 0 Å². The highest BCUT2D eigenvalue weighted by atomic mass is 31.0. The predicted octanol–water partition coefficient (Wildman–Crippen LogP) is 0.0204. The van der Waals surface area contributed by atoms with Crippen LogP contribution in [0.3, 0.4) is 0 Å². The lowest BCUT2D eigenvalue weighted by Gasteiger charge is -2.30. The lowest BCUT2D eigenvalue weighted by molar-refractivity contribution is 0.108. The van der Waals surface area contributed by atoms with Gasteiger partial charge in [0.05, 0.1) is 12.1 Å². The summed E-state index contributed by atoms with van der Waals surface area (Å²) in [5, 5.41) is 34.1. The normalized spacial score (nSPS) is 21.2. The minimum Gasteiger partial charge on any atom is -0.392 e. The molecule has 0 aromatic carbocycles. The number of aliphatic hydroxyl groups is 1. The maximum Gasteiger partial charge on any atom is 0.205 e. The molecule has 2 radical (unpaired) electrons. The van der Waals surface area contributed by atoms with Crippen molar-refractivity contribution in [1.82, 2.24) is 50.5 Å². The summed E-state index contributed by atoms with van der Waals surface area (Å²) >= 11 is 0. The Labute approximate surface area is 193 Å². The molecule has 4 unspecified atom stereocenters. The average Bonchev–Trinajstić information content (AvgIpc) is 3.40. The maximum absolute atomic E-state index is 9.15. The second-order valence-corrected chi connectivity index (χ2v) is 7.21. The van der Waals surface area contributed by atoms with E-state index in [-0.39, 0.29) is 25.9 Å². The zero-order chi connectivity index (χ0) is 21.1. The van der Waals surface area contributed by atoms with Crippen LogP contribution in [0.25, 0.3) is 0 Å². The van der Waals surface area contributed by atoms with Crippen molar-refractivity contribution in [2.75, 3.05) is 26.2 Å². The molecule has 11 nitrogen and oxygen atoms in total. The number of aryl methyl sites for hydroxylation is 2. The third-order valence-corrected chi connectivity index (χ3v) is 4.89. The van der Waals surface area contributed by atoms with Crippen molar-refractivity contribution in [3.8, 4) is 0 Å². The van der Waals surface area contributed by atoms with Crippen molar-refractivity contribution in [3.63, 3.8) is 0 Å². The summed E-state index contributed by atoms with van der Waals surface area (Å²) in [7, 11) is 4.18. The molecule has 2 fully saturated rings. The molecule has 31 heavy (non-hydrogen) atoms. The van der Waals surface area contributed by atoms with Gasteiger partial charge in [0, 0.05) is 13.1 Å². The lowest BCUT2D eigenvalue weighted by atomic mass is 9.91. The number of H-pyrrole nitrogens is 1. The van der Waals surface area contributed by atoms with E-state index in [1.807, 2.05) is 21.2 Å². The molecule has 0 saturated carbocycles. The van der Waals surface area contributed by atoms with Crippen molar-refractivity contribution >= 4 is 34.6 Å².